The summed E-state index contributed by atoms with van der Waals surface area (Å²) < 4.78 is 6.94. The van der Waals surface area contributed by atoms with Crippen LogP contribution in [0.25, 0.3) is 0 Å². The van der Waals surface area contributed by atoms with Gasteiger partial charge in [0.2, 0.25) is 0 Å². The molecule has 0 aliphatic carbocycles. The minimum atomic E-state index is -0.297. The molecule has 0 fully saturated rings. The first-order valence-corrected chi connectivity index (χ1v) is 7.90. The van der Waals surface area contributed by atoms with Crippen LogP contribution < -0.4 is 0 Å². The average molecular weight is 320 g/mol. The van der Waals surface area contributed by atoms with E-state index in [1.54, 1.807) is 6.20 Å². The second kappa shape index (κ2) is 7.13. The maximum absolute atomic E-state index is 11.9. The molecule has 0 saturated carbocycles. The topological polar surface area (TPSA) is 44.1 Å². The number of hydrogen-bond donors (Lipinski definition) is 0. The normalized spacial score (nSPS) is 13.2. The van der Waals surface area contributed by atoms with E-state index >= 15 is 0 Å². The maximum Gasteiger partial charge on any atom is 0.312 e. The molecule has 0 bridgehead atoms. The Morgan fingerprint density at radius 1 is 1.04 bits per heavy atom. The highest BCUT2D eigenvalue weighted by molar-refractivity contribution is 5.77. The zero-order chi connectivity index (χ0) is 16.9. The molecule has 1 heterocycles. The Balaban J connectivity index is 2.05. The molecule has 0 radical (unpaired) electrons. The largest absolute Gasteiger partial charge is 0.469 e. The van der Waals surface area contributed by atoms with Crippen LogP contribution in [0.4, 0.5) is 0 Å². The fourth-order valence-corrected chi connectivity index (χ4v) is 2.91. The first-order chi connectivity index (χ1) is 11.7. The third-order valence-electron chi connectivity index (χ3n) is 4.22. The number of rotatable bonds is 5. The molecule has 0 N–H and O–H groups in total. The Kier molecular flexibility index (Phi) is 4.75. The summed E-state index contributed by atoms with van der Waals surface area (Å²) in [6.07, 6.45) is 5.54. The van der Waals surface area contributed by atoms with Gasteiger partial charge < -0.3 is 9.30 Å². The number of methoxy groups -OCH3 is 1. The van der Waals surface area contributed by atoms with Crippen LogP contribution in [0.5, 0.6) is 0 Å². The maximum atomic E-state index is 11.9. The molecular formula is C20H20N2O2. The summed E-state index contributed by atoms with van der Waals surface area (Å²) in [4.78, 5) is 16.0. The molecule has 122 valence electrons. The predicted molar refractivity (Wildman–Crippen MR) is 92.8 cm³/mol. The highest BCUT2D eigenvalue weighted by Gasteiger charge is 2.20. The molecule has 0 saturated heterocycles. The number of imidazole rings is 1. The number of carbonyl (C=O) groups is 1. The van der Waals surface area contributed by atoms with Gasteiger partial charge in [-0.2, -0.15) is 0 Å². The van der Waals surface area contributed by atoms with Gasteiger partial charge in [-0.1, -0.05) is 54.6 Å². The summed E-state index contributed by atoms with van der Waals surface area (Å²) >= 11 is 0. The van der Waals surface area contributed by atoms with Gasteiger partial charge in [-0.05, 0) is 23.6 Å². The van der Waals surface area contributed by atoms with Crippen LogP contribution in [0.1, 0.15) is 35.6 Å². The molecule has 3 rings (SSSR count). The summed E-state index contributed by atoms with van der Waals surface area (Å²) in [5.74, 6) is -0.528. The van der Waals surface area contributed by atoms with Crippen LogP contribution >= 0.6 is 0 Å². The number of aromatic nitrogens is 2. The lowest BCUT2D eigenvalue weighted by Gasteiger charge is -2.21. The van der Waals surface area contributed by atoms with E-state index in [0.29, 0.717) is 0 Å². The highest BCUT2D eigenvalue weighted by Crippen LogP contribution is 2.29. The first kappa shape index (κ1) is 16.0. The summed E-state index contributed by atoms with van der Waals surface area (Å²) in [7, 11) is 1.42. The van der Waals surface area contributed by atoms with E-state index in [-0.39, 0.29) is 17.9 Å². The lowest BCUT2D eigenvalue weighted by molar-refractivity contribution is -0.141. The molecule has 3 aromatic rings. The minimum absolute atomic E-state index is 0.0125. The van der Waals surface area contributed by atoms with E-state index in [4.69, 9.17) is 4.74 Å². The van der Waals surface area contributed by atoms with Crippen molar-refractivity contribution in [2.24, 2.45) is 0 Å². The van der Waals surface area contributed by atoms with Crippen molar-refractivity contribution in [3.63, 3.8) is 0 Å². The molecule has 4 heteroatoms. The fourth-order valence-electron chi connectivity index (χ4n) is 2.91. The SMILES string of the molecule is COC(=O)[C@H](C)c1cccc([C@H](c2ccccc2)n2ccnc2)c1. The number of hydrogen-bond acceptors (Lipinski definition) is 3. The van der Waals surface area contributed by atoms with Gasteiger partial charge in [0.1, 0.15) is 0 Å². The van der Waals surface area contributed by atoms with Crippen molar-refractivity contribution in [3.8, 4) is 0 Å². The predicted octanol–water partition coefficient (Wildman–Crippen LogP) is 3.80. The van der Waals surface area contributed by atoms with E-state index in [0.717, 1.165) is 11.1 Å². The van der Waals surface area contributed by atoms with Crippen molar-refractivity contribution < 1.29 is 9.53 Å². The van der Waals surface area contributed by atoms with Gasteiger partial charge in [-0.25, -0.2) is 4.98 Å². The van der Waals surface area contributed by atoms with Gasteiger partial charge in [0.15, 0.2) is 0 Å². The van der Waals surface area contributed by atoms with Gasteiger partial charge in [0, 0.05) is 12.4 Å². The minimum Gasteiger partial charge on any atom is -0.469 e. The first-order valence-electron chi connectivity index (χ1n) is 7.90. The number of ether oxygens (including phenoxy) is 1. The van der Waals surface area contributed by atoms with Crippen LogP contribution in [0, 0.1) is 0 Å². The van der Waals surface area contributed by atoms with Gasteiger partial charge in [-0.15, -0.1) is 0 Å². The van der Waals surface area contributed by atoms with Crippen LogP contribution in [-0.4, -0.2) is 22.6 Å². The summed E-state index contributed by atoms with van der Waals surface area (Å²) in [6.45, 7) is 1.86. The van der Waals surface area contributed by atoms with Crippen LogP contribution in [0.15, 0.2) is 73.3 Å². The van der Waals surface area contributed by atoms with Crippen LogP contribution in [0.2, 0.25) is 0 Å². The second-order valence-electron chi connectivity index (χ2n) is 5.74. The number of esters is 1. The average Bonchev–Trinajstić information content (AvgIpc) is 3.16. The molecule has 2 atom stereocenters. The second-order valence-corrected chi connectivity index (χ2v) is 5.74. The Bertz CT molecular complexity index is 798. The molecule has 24 heavy (non-hydrogen) atoms. The van der Waals surface area contributed by atoms with Gasteiger partial charge in [0.25, 0.3) is 0 Å². The zero-order valence-corrected chi connectivity index (χ0v) is 13.8. The molecule has 0 aliphatic rings. The van der Waals surface area contributed by atoms with Crippen molar-refractivity contribution in [2.75, 3.05) is 7.11 Å². The molecule has 0 unspecified atom stereocenters. The Labute approximate surface area is 141 Å². The smallest absolute Gasteiger partial charge is 0.312 e. The molecule has 0 amide bonds. The third-order valence-corrected chi connectivity index (χ3v) is 4.22. The Morgan fingerprint density at radius 3 is 2.42 bits per heavy atom. The van der Waals surface area contributed by atoms with Crippen molar-refractivity contribution in [3.05, 3.63) is 90.0 Å². The Hall–Kier alpha value is -2.88. The van der Waals surface area contributed by atoms with Crippen LogP contribution in [0.3, 0.4) is 0 Å². The third kappa shape index (κ3) is 3.23. The van der Waals surface area contributed by atoms with E-state index in [9.17, 15) is 4.79 Å². The molecule has 4 nitrogen and oxygen atoms in total. The van der Waals surface area contributed by atoms with Crippen molar-refractivity contribution in [1.29, 1.82) is 0 Å². The number of benzene rings is 2. The van der Waals surface area contributed by atoms with Crippen LogP contribution in [-0.2, 0) is 9.53 Å². The Morgan fingerprint density at radius 2 is 1.75 bits per heavy atom. The fraction of sp³-hybridized carbons (Fsp3) is 0.200. The molecule has 0 spiro atoms. The molecule has 0 aliphatic heterocycles. The summed E-state index contributed by atoms with van der Waals surface area (Å²) in [6, 6.07) is 18.4. The van der Waals surface area contributed by atoms with Gasteiger partial charge in [-0.3, -0.25) is 4.79 Å². The standard InChI is InChI=1S/C20H20N2O2/c1-15(20(23)24-2)17-9-6-10-18(13-17)19(22-12-11-21-14-22)16-7-4-3-5-8-16/h3-15,19H,1-2H3/t15-,19+/m1/s1. The van der Waals surface area contributed by atoms with Gasteiger partial charge in [0.05, 0.1) is 25.4 Å². The van der Waals surface area contributed by atoms with Crippen molar-refractivity contribution >= 4 is 5.97 Å². The van der Waals surface area contributed by atoms with Crippen molar-refractivity contribution in [1.82, 2.24) is 9.55 Å². The summed E-state index contributed by atoms with van der Waals surface area (Å²) in [5, 5.41) is 0. The van der Waals surface area contributed by atoms with E-state index in [1.807, 2.05) is 49.8 Å². The van der Waals surface area contributed by atoms with E-state index < -0.39 is 0 Å². The van der Waals surface area contributed by atoms with E-state index in [2.05, 4.69) is 33.8 Å². The molecule has 1 aromatic heterocycles. The lowest BCUT2D eigenvalue weighted by atomic mass is 9.93. The summed E-state index contributed by atoms with van der Waals surface area (Å²) in [5.41, 5.74) is 3.21. The van der Waals surface area contributed by atoms with Crippen molar-refractivity contribution in [2.45, 2.75) is 18.9 Å². The number of nitrogens with zero attached hydrogens (tertiary/aromatic N) is 2. The molecular weight excluding hydrogens is 300 g/mol. The highest BCUT2D eigenvalue weighted by atomic mass is 16.5. The molecule has 2 aromatic carbocycles. The number of carbonyl (C=O) groups excluding carboxylic acids is 1. The van der Waals surface area contributed by atoms with Gasteiger partial charge >= 0.3 is 5.97 Å². The monoisotopic (exact) mass is 320 g/mol. The lowest BCUT2D eigenvalue weighted by Crippen LogP contribution is -2.13. The van der Waals surface area contributed by atoms with E-state index in [1.165, 1.54) is 12.7 Å². The quantitative estimate of drug-likeness (QED) is 0.672. The zero-order valence-electron chi connectivity index (χ0n) is 13.8.